The van der Waals surface area contributed by atoms with Crippen molar-refractivity contribution in [3.63, 3.8) is 0 Å². The second-order valence-corrected chi connectivity index (χ2v) is 5.01. The van der Waals surface area contributed by atoms with Crippen molar-refractivity contribution in [3.8, 4) is 5.75 Å². The van der Waals surface area contributed by atoms with Gasteiger partial charge in [0.25, 0.3) is 5.24 Å². The summed E-state index contributed by atoms with van der Waals surface area (Å²) in [6.45, 7) is 0.324. The summed E-state index contributed by atoms with van der Waals surface area (Å²) in [4.78, 5) is 10.9. The molecule has 0 aliphatic carbocycles. The summed E-state index contributed by atoms with van der Waals surface area (Å²) in [6.07, 6.45) is 0. The summed E-state index contributed by atoms with van der Waals surface area (Å²) in [5.41, 5.74) is 1.27. The number of benzene rings is 2. The van der Waals surface area contributed by atoms with E-state index in [9.17, 15) is 4.79 Å². The molecule has 19 heavy (non-hydrogen) atoms. The van der Waals surface area contributed by atoms with E-state index >= 15 is 0 Å². The van der Waals surface area contributed by atoms with Crippen LogP contribution in [0.4, 0.5) is 0 Å². The van der Waals surface area contributed by atoms with Gasteiger partial charge in [0.05, 0.1) is 0 Å². The molecule has 2 rings (SSSR count). The molecule has 0 unspecified atom stereocenters. The van der Waals surface area contributed by atoms with Gasteiger partial charge in [-0.2, -0.15) is 0 Å². The number of hydrogen-bond acceptors (Lipinski definition) is 2. The van der Waals surface area contributed by atoms with Crippen molar-refractivity contribution < 1.29 is 9.53 Å². The highest BCUT2D eigenvalue weighted by molar-refractivity contribution is 6.67. The molecule has 0 aromatic heterocycles. The molecule has 0 fully saturated rings. The smallest absolute Gasteiger partial charge is 0.252 e. The minimum atomic E-state index is -0.493. The molecule has 5 heteroatoms. The van der Waals surface area contributed by atoms with Gasteiger partial charge in [0, 0.05) is 21.2 Å². The van der Waals surface area contributed by atoms with Gasteiger partial charge in [-0.05, 0) is 48.0 Å². The molecule has 0 N–H and O–H groups in total. The topological polar surface area (TPSA) is 26.3 Å². The van der Waals surface area contributed by atoms with Crippen LogP contribution in [-0.4, -0.2) is 5.24 Å². The van der Waals surface area contributed by atoms with Crippen LogP contribution in [0.1, 0.15) is 15.9 Å². The van der Waals surface area contributed by atoms with Crippen molar-refractivity contribution in [1.82, 2.24) is 0 Å². The number of halogens is 3. The van der Waals surface area contributed by atoms with Crippen LogP contribution in [0.15, 0.2) is 42.5 Å². The zero-order chi connectivity index (χ0) is 13.8. The van der Waals surface area contributed by atoms with Crippen LogP contribution in [0.25, 0.3) is 0 Å². The lowest BCUT2D eigenvalue weighted by molar-refractivity contribution is 0.108. The fourth-order valence-electron chi connectivity index (χ4n) is 1.48. The molecular weight excluding hydrogens is 307 g/mol. The van der Waals surface area contributed by atoms with Crippen LogP contribution in [0.5, 0.6) is 5.75 Å². The highest BCUT2D eigenvalue weighted by Gasteiger charge is 2.04. The molecule has 0 saturated heterocycles. The lowest BCUT2D eigenvalue weighted by Crippen LogP contribution is -1.97. The van der Waals surface area contributed by atoms with E-state index < -0.39 is 5.24 Å². The number of carbonyl (C=O) groups is 1. The molecule has 0 aliphatic rings. The van der Waals surface area contributed by atoms with Crippen LogP contribution in [-0.2, 0) is 6.61 Å². The van der Waals surface area contributed by atoms with Gasteiger partial charge in [0.1, 0.15) is 12.4 Å². The minimum absolute atomic E-state index is 0.324. The molecular formula is C14H9Cl3O2. The van der Waals surface area contributed by atoms with Gasteiger partial charge in [0.2, 0.25) is 0 Å². The largest absolute Gasteiger partial charge is 0.489 e. The molecule has 0 amide bonds. The molecule has 0 heterocycles. The van der Waals surface area contributed by atoms with Crippen molar-refractivity contribution in [1.29, 1.82) is 0 Å². The molecule has 98 valence electrons. The molecule has 0 spiro atoms. The Morgan fingerprint density at radius 3 is 2.32 bits per heavy atom. The average molecular weight is 316 g/mol. The van der Waals surface area contributed by atoms with E-state index in [0.29, 0.717) is 28.0 Å². The summed E-state index contributed by atoms with van der Waals surface area (Å²) in [5.74, 6) is 0.632. The zero-order valence-corrected chi connectivity index (χ0v) is 12.0. The summed E-state index contributed by atoms with van der Waals surface area (Å²) in [7, 11) is 0. The van der Waals surface area contributed by atoms with Crippen molar-refractivity contribution >= 4 is 40.0 Å². The van der Waals surface area contributed by atoms with E-state index in [2.05, 4.69) is 0 Å². The monoisotopic (exact) mass is 314 g/mol. The van der Waals surface area contributed by atoms with Gasteiger partial charge in [-0.3, -0.25) is 4.79 Å². The lowest BCUT2D eigenvalue weighted by Gasteiger charge is -2.08. The second kappa shape index (κ2) is 6.29. The third-order valence-corrected chi connectivity index (χ3v) is 3.30. The second-order valence-electron chi connectivity index (χ2n) is 3.82. The molecule has 0 saturated carbocycles. The van der Waals surface area contributed by atoms with Crippen molar-refractivity contribution in [2.24, 2.45) is 0 Å². The Hall–Kier alpha value is -1.22. The fourth-order valence-corrected chi connectivity index (χ4v) is 2.07. The Morgan fingerprint density at radius 2 is 1.74 bits per heavy atom. The molecule has 2 aromatic rings. The number of hydrogen-bond donors (Lipinski definition) is 0. The lowest BCUT2D eigenvalue weighted by atomic mass is 10.2. The Bertz CT molecular complexity index is 594. The van der Waals surface area contributed by atoms with Gasteiger partial charge in [-0.15, -0.1) is 0 Å². The van der Waals surface area contributed by atoms with Crippen LogP contribution in [0, 0.1) is 0 Å². The molecule has 0 atom stereocenters. The van der Waals surface area contributed by atoms with Crippen LogP contribution < -0.4 is 4.74 Å². The minimum Gasteiger partial charge on any atom is -0.489 e. The first-order chi connectivity index (χ1) is 9.06. The van der Waals surface area contributed by atoms with E-state index in [-0.39, 0.29) is 0 Å². The maximum absolute atomic E-state index is 10.9. The third-order valence-electron chi connectivity index (χ3n) is 2.49. The summed E-state index contributed by atoms with van der Waals surface area (Å²) >= 11 is 17.2. The maximum atomic E-state index is 10.9. The van der Waals surface area contributed by atoms with E-state index in [1.807, 2.05) is 0 Å². The summed E-state index contributed by atoms with van der Waals surface area (Å²) in [6, 6.07) is 11.8. The summed E-state index contributed by atoms with van der Waals surface area (Å²) in [5, 5.41) is 0.645. The van der Waals surface area contributed by atoms with E-state index in [1.54, 1.807) is 42.5 Å². The molecule has 0 bridgehead atoms. The Labute approximate surface area is 125 Å². The van der Waals surface area contributed by atoms with E-state index in [0.717, 1.165) is 5.56 Å². The summed E-state index contributed by atoms with van der Waals surface area (Å²) < 4.78 is 5.57. The molecule has 0 radical (unpaired) electrons. The standard InChI is InChI=1S/C14H9Cl3O2/c15-11-4-1-10(13(16)7-11)8-19-12-5-2-9(3-6-12)14(17)18/h1-7H,8H2. The first-order valence-electron chi connectivity index (χ1n) is 5.43. The normalized spacial score (nSPS) is 10.3. The van der Waals surface area contributed by atoms with Crippen molar-refractivity contribution in [2.75, 3.05) is 0 Å². The van der Waals surface area contributed by atoms with Crippen LogP contribution in [0.3, 0.4) is 0 Å². The van der Waals surface area contributed by atoms with E-state index in [1.165, 1.54) is 0 Å². The zero-order valence-electron chi connectivity index (χ0n) is 9.70. The van der Waals surface area contributed by atoms with Gasteiger partial charge < -0.3 is 4.74 Å². The number of rotatable bonds is 4. The predicted molar refractivity (Wildman–Crippen MR) is 77.4 cm³/mol. The van der Waals surface area contributed by atoms with Crippen LogP contribution in [0.2, 0.25) is 10.0 Å². The predicted octanol–water partition coefficient (Wildman–Crippen LogP) is 4.95. The van der Waals surface area contributed by atoms with Gasteiger partial charge in [-0.1, -0.05) is 29.3 Å². The molecule has 2 nitrogen and oxygen atoms in total. The fraction of sp³-hybridized carbons (Fsp3) is 0.0714. The molecule has 0 aliphatic heterocycles. The highest BCUT2D eigenvalue weighted by atomic mass is 35.5. The average Bonchev–Trinajstić information content (AvgIpc) is 2.38. The Kier molecular flexibility index (Phi) is 4.70. The highest BCUT2D eigenvalue weighted by Crippen LogP contribution is 2.23. The Morgan fingerprint density at radius 1 is 1.05 bits per heavy atom. The first-order valence-corrected chi connectivity index (χ1v) is 6.56. The SMILES string of the molecule is O=C(Cl)c1ccc(OCc2ccc(Cl)cc2Cl)cc1. The van der Waals surface area contributed by atoms with Gasteiger partial charge in [-0.25, -0.2) is 0 Å². The maximum Gasteiger partial charge on any atom is 0.252 e. The number of carbonyl (C=O) groups excluding carboxylic acids is 1. The Balaban J connectivity index is 2.04. The van der Waals surface area contributed by atoms with Crippen LogP contribution >= 0.6 is 34.8 Å². The van der Waals surface area contributed by atoms with Gasteiger partial charge in [0.15, 0.2) is 0 Å². The van der Waals surface area contributed by atoms with E-state index in [4.69, 9.17) is 39.5 Å². The quantitative estimate of drug-likeness (QED) is 0.746. The number of ether oxygens (including phenoxy) is 1. The van der Waals surface area contributed by atoms with Crippen molar-refractivity contribution in [2.45, 2.75) is 6.61 Å². The van der Waals surface area contributed by atoms with Gasteiger partial charge >= 0.3 is 0 Å². The van der Waals surface area contributed by atoms with Crippen molar-refractivity contribution in [3.05, 3.63) is 63.6 Å². The third kappa shape index (κ3) is 3.87. The molecule has 2 aromatic carbocycles. The first kappa shape index (κ1) is 14.2.